The van der Waals surface area contributed by atoms with Gasteiger partial charge in [0.2, 0.25) is 0 Å². The maximum Gasteiger partial charge on any atom is 0.251 e. The molecule has 1 heterocycles. The molecule has 0 atom stereocenters. The average Bonchev–Trinajstić information content (AvgIpc) is 3.15. The zero-order chi connectivity index (χ0) is 18.2. The Balaban J connectivity index is 1.48. The maximum absolute atomic E-state index is 13.1. The molecule has 7 heteroatoms. The zero-order valence-corrected chi connectivity index (χ0v) is 14.1. The van der Waals surface area contributed by atoms with Gasteiger partial charge in [0, 0.05) is 24.4 Å². The first-order valence-electron chi connectivity index (χ1n) is 8.31. The van der Waals surface area contributed by atoms with E-state index in [4.69, 9.17) is 4.74 Å². The van der Waals surface area contributed by atoms with E-state index in [0.717, 1.165) is 5.56 Å². The van der Waals surface area contributed by atoms with Gasteiger partial charge in [0.05, 0.1) is 19.3 Å². The van der Waals surface area contributed by atoms with E-state index in [9.17, 15) is 9.18 Å². The quantitative estimate of drug-likeness (QED) is 0.632. The highest BCUT2D eigenvalue weighted by molar-refractivity contribution is 5.95. The second kappa shape index (κ2) is 8.75. The van der Waals surface area contributed by atoms with E-state index in [0.29, 0.717) is 37.4 Å². The van der Waals surface area contributed by atoms with Crippen LogP contribution in [0.2, 0.25) is 0 Å². The molecule has 6 nitrogen and oxygen atoms in total. The van der Waals surface area contributed by atoms with Crippen molar-refractivity contribution in [2.75, 3.05) is 13.2 Å². The lowest BCUT2D eigenvalue weighted by molar-refractivity contribution is 0.0950. The maximum atomic E-state index is 13.1. The molecule has 0 aliphatic heterocycles. The van der Waals surface area contributed by atoms with Gasteiger partial charge in [-0.1, -0.05) is 29.5 Å². The standard InChI is InChI=1S/C19H19FN4O2/c20-16-6-3-7-17(13-16)26-12-4-9-21-19(25)18-8-2-1-5-15(18)14-24-11-10-22-23-24/h1-3,5-8,10-11,13H,4,9,12,14H2,(H,21,25). The van der Waals surface area contributed by atoms with Gasteiger partial charge in [0.1, 0.15) is 11.6 Å². The summed E-state index contributed by atoms with van der Waals surface area (Å²) in [7, 11) is 0. The summed E-state index contributed by atoms with van der Waals surface area (Å²) in [6.07, 6.45) is 3.97. The zero-order valence-electron chi connectivity index (χ0n) is 14.1. The van der Waals surface area contributed by atoms with E-state index in [1.165, 1.54) is 12.1 Å². The molecule has 26 heavy (non-hydrogen) atoms. The van der Waals surface area contributed by atoms with Crippen molar-refractivity contribution in [1.29, 1.82) is 0 Å². The molecular weight excluding hydrogens is 335 g/mol. The number of carbonyl (C=O) groups is 1. The van der Waals surface area contributed by atoms with Gasteiger partial charge in [-0.05, 0) is 30.2 Å². The van der Waals surface area contributed by atoms with Gasteiger partial charge in [-0.25, -0.2) is 9.07 Å². The smallest absolute Gasteiger partial charge is 0.251 e. The lowest BCUT2D eigenvalue weighted by atomic mass is 10.1. The number of hydrogen-bond acceptors (Lipinski definition) is 4. The van der Waals surface area contributed by atoms with Crippen LogP contribution in [0.25, 0.3) is 0 Å². The molecule has 0 spiro atoms. The van der Waals surface area contributed by atoms with Crippen LogP contribution < -0.4 is 10.1 Å². The molecule has 0 bridgehead atoms. The summed E-state index contributed by atoms with van der Waals surface area (Å²) < 4.78 is 20.2. The van der Waals surface area contributed by atoms with Crippen LogP contribution in [0, 0.1) is 5.82 Å². The van der Waals surface area contributed by atoms with Crippen LogP contribution in [0.4, 0.5) is 4.39 Å². The highest BCUT2D eigenvalue weighted by Gasteiger charge is 2.11. The molecule has 3 rings (SSSR count). The molecule has 0 unspecified atom stereocenters. The number of ether oxygens (including phenoxy) is 1. The number of hydrogen-bond donors (Lipinski definition) is 1. The van der Waals surface area contributed by atoms with Crippen molar-refractivity contribution in [2.45, 2.75) is 13.0 Å². The normalized spacial score (nSPS) is 10.5. The molecule has 0 aliphatic rings. The summed E-state index contributed by atoms with van der Waals surface area (Å²) >= 11 is 0. The Morgan fingerprint density at radius 3 is 2.88 bits per heavy atom. The van der Waals surface area contributed by atoms with Crippen LogP contribution in [0.3, 0.4) is 0 Å². The van der Waals surface area contributed by atoms with E-state index < -0.39 is 0 Å². The van der Waals surface area contributed by atoms with Crippen molar-refractivity contribution in [2.24, 2.45) is 0 Å². The lowest BCUT2D eigenvalue weighted by Gasteiger charge is -2.10. The Hall–Kier alpha value is -3.22. The lowest BCUT2D eigenvalue weighted by Crippen LogP contribution is -2.27. The van der Waals surface area contributed by atoms with Crippen molar-refractivity contribution in [3.8, 4) is 5.75 Å². The molecule has 0 fully saturated rings. The fraction of sp³-hybridized carbons (Fsp3) is 0.211. The topological polar surface area (TPSA) is 69.0 Å². The van der Waals surface area contributed by atoms with Crippen molar-refractivity contribution < 1.29 is 13.9 Å². The Bertz CT molecular complexity index is 852. The van der Waals surface area contributed by atoms with Crippen molar-refractivity contribution in [1.82, 2.24) is 20.3 Å². The fourth-order valence-corrected chi connectivity index (χ4v) is 2.49. The molecule has 0 saturated carbocycles. The third-order valence-electron chi connectivity index (χ3n) is 3.74. The van der Waals surface area contributed by atoms with Crippen LogP contribution in [0.1, 0.15) is 22.3 Å². The third kappa shape index (κ3) is 4.89. The minimum Gasteiger partial charge on any atom is -0.493 e. The first kappa shape index (κ1) is 17.6. The summed E-state index contributed by atoms with van der Waals surface area (Å²) in [5, 5.41) is 10.6. The van der Waals surface area contributed by atoms with E-state index in [1.807, 2.05) is 18.2 Å². The van der Waals surface area contributed by atoms with Gasteiger partial charge < -0.3 is 10.1 Å². The molecule has 3 aromatic rings. The Kier molecular flexibility index (Phi) is 5.92. The van der Waals surface area contributed by atoms with Gasteiger partial charge in [-0.2, -0.15) is 0 Å². The number of carbonyl (C=O) groups excluding carboxylic acids is 1. The molecule has 0 saturated heterocycles. The first-order valence-corrected chi connectivity index (χ1v) is 8.31. The molecule has 0 radical (unpaired) electrons. The summed E-state index contributed by atoms with van der Waals surface area (Å²) in [4.78, 5) is 12.4. The molecule has 1 amide bonds. The Labute approximate surface area is 150 Å². The highest BCUT2D eigenvalue weighted by Crippen LogP contribution is 2.12. The first-order chi connectivity index (χ1) is 12.7. The monoisotopic (exact) mass is 354 g/mol. The van der Waals surface area contributed by atoms with Gasteiger partial charge in [0.15, 0.2) is 0 Å². The number of halogens is 1. The van der Waals surface area contributed by atoms with E-state index in [2.05, 4.69) is 15.6 Å². The molecule has 1 aromatic heterocycles. The second-order valence-corrected chi connectivity index (χ2v) is 5.67. The van der Waals surface area contributed by atoms with Crippen LogP contribution in [0.5, 0.6) is 5.75 Å². The van der Waals surface area contributed by atoms with Gasteiger partial charge in [-0.3, -0.25) is 4.79 Å². The van der Waals surface area contributed by atoms with Gasteiger partial charge in [-0.15, -0.1) is 5.10 Å². The summed E-state index contributed by atoms with van der Waals surface area (Å²) in [6, 6.07) is 13.4. The molecule has 0 aliphatic carbocycles. The van der Waals surface area contributed by atoms with Gasteiger partial charge in [0.25, 0.3) is 5.91 Å². The average molecular weight is 354 g/mol. The number of aromatic nitrogens is 3. The summed E-state index contributed by atoms with van der Waals surface area (Å²) in [5.74, 6) is 0.000710. The van der Waals surface area contributed by atoms with Crippen LogP contribution >= 0.6 is 0 Å². The number of rotatable bonds is 8. The number of nitrogens with zero attached hydrogens (tertiary/aromatic N) is 3. The predicted octanol–water partition coefficient (Wildman–Crippen LogP) is 2.66. The van der Waals surface area contributed by atoms with Crippen molar-refractivity contribution in [3.05, 3.63) is 77.9 Å². The number of nitrogens with one attached hydrogen (secondary N) is 1. The van der Waals surface area contributed by atoms with Gasteiger partial charge >= 0.3 is 0 Å². The van der Waals surface area contributed by atoms with Crippen LogP contribution in [-0.2, 0) is 6.54 Å². The highest BCUT2D eigenvalue weighted by atomic mass is 19.1. The van der Waals surface area contributed by atoms with Crippen LogP contribution in [-0.4, -0.2) is 34.1 Å². The van der Waals surface area contributed by atoms with E-state index in [1.54, 1.807) is 35.3 Å². The second-order valence-electron chi connectivity index (χ2n) is 5.67. The SMILES string of the molecule is O=C(NCCCOc1cccc(F)c1)c1ccccc1Cn1ccnn1. The molecule has 134 valence electrons. The number of benzene rings is 2. The predicted molar refractivity (Wildman–Crippen MR) is 94.4 cm³/mol. The molecule has 1 N–H and O–H groups in total. The molecule has 2 aromatic carbocycles. The number of amides is 1. The Morgan fingerprint density at radius 1 is 1.19 bits per heavy atom. The van der Waals surface area contributed by atoms with E-state index in [-0.39, 0.29) is 11.7 Å². The largest absolute Gasteiger partial charge is 0.493 e. The van der Waals surface area contributed by atoms with Crippen molar-refractivity contribution in [3.63, 3.8) is 0 Å². The minimum absolute atomic E-state index is 0.147. The molecular formula is C19H19FN4O2. The van der Waals surface area contributed by atoms with Crippen LogP contribution in [0.15, 0.2) is 60.9 Å². The minimum atomic E-state index is -0.334. The Morgan fingerprint density at radius 2 is 2.08 bits per heavy atom. The fourth-order valence-electron chi connectivity index (χ4n) is 2.49. The van der Waals surface area contributed by atoms with Crippen molar-refractivity contribution >= 4 is 5.91 Å². The third-order valence-corrected chi connectivity index (χ3v) is 3.74. The van der Waals surface area contributed by atoms with E-state index >= 15 is 0 Å². The summed E-state index contributed by atoms with van der Waals surface area (Å²) in [6.45, 7) is 1.34. The summed E-state index contributed by atoms with van der Waals surface area (Å²) in [5.41, 5.74) is 1.47.